The molecule has 0 heterocycles. The third kappa shape index (κ3) is 4.52. The second-order valence-electron chi connectivity index (χ2n) is 5.87. The van der Waals surface area contributed by atoms with E-state index in [2.05, 4.69) is 56.0 Å². The first-order valence-electron chi connectivity index (χ1n) is 7.86. The van der Waals surface area contributed by atoms with Gasteiger partial charge in [-0.3, -0.25) is 0 Å². The van der Waals surface area contributed by atoms with Crippen LogP contribution in [0.4, 0.5) is 0 Å². The predicted octanol–water partition coefficient (Wildman–Crippen LogP) is 6.09. The first-order valence-corrected chi connectivity index (χ1v) is 7.86. The quantitative estimate of drug-likeness (QED) is 0.566. The fraction of sp³-hybridized carbons (Fsp3) is 0.400. The molecule has 2 rings (SSSR count). The van der Waals surface area contributed by atoms with Crippen LogP contribution in [-0.4, -0.2) is 0 Å². The van der Waals surface area contributed by atoms with Crippen molar-refractivity contribution in [1.82, 2.24) is 0 Å². The van der Waals surface area contributed by atoms with Crippen LogP contribution in [0.3, 0.4) is 0 Å². The maximum Gasteiger partial charge on any atom is -0.0184 e. The normalized spacial score (nSPS) is 17.6. The highest BCUT2D eigenvalue weighted by Gasteiger charge is 2.11. The highest BCUT2D eigenvalue weighted by atomic mass is 14.2. The van der Waals surface area contributed by atoms with Crippen molar-refractivity contribution in [3.63, 3.8) is 0 Å². The van der Waals surface area contributed by atoms with Crippen molar-refractivity contribution >= 4 is 5.57 Å². The van der Waals surface area contributed by atoms with Gasteiger partial charge in [-0.1, -0.05) is 92.8 Å². The zero-order valence-corrected chi connectivity index (χ0v) is 12.6. The van der Waals surface area contributed by atoms with Gasteiger partial charge in [-0.2, -0.15) is 0 Å². The van der Waals surface area contributed by atoms with Crippen LogP contribution in [-0.2, 0) is 0 Å². The van der Waals surface area contributed by atoms with Crippen LogP contribution < -0.4 is 0 Å². The number of benzene rings is 1. The van der Waals surface area contributed by atoms with Crippen LogP contribution in [0, 0.1) is 12.8 Å². The van der Waals surface area contributed by atoms with Gasteiger partial charge < -0.3 is 0 Å². The molecule has 1 saturated carbocycles. The van der Waals surface area contributed by atoms with E-state index < -0.39 is 0 Å². The van der Waals surface area contributed by atoms with Crippen LogP contribution >= 0.6 is 0 Å². The van der Waals surface area contributed by atoms with Crippen LogP contribution in [0.25, 0.3) is 5.57 Å². The summed E-state index contributed by atoms with van der Waals surface area (Å²) in [5.41, 5.74) is 3.84. The summed E-state index contributed by atoms with van der Waals surface area (Å²) in [4.78, 5) is 0. The molecule has 20 heavy (non-hydrogen) atoms. The molecule has 0 atom stereocenters. The summed E-state index contributed by atoms with van der Waals surface area (Å²) in [6.07, 6.45) is 16.9. The lowest BCUT2D eigenvalue weighted by atomic mass is 9.87. The summed E-state index contributed by atoms with van der Waals surface area (Å²) in [6, 6.07) is 8.72. The molecule has 0 spiro atoms. The minimum atomic E-state index is 0.906. The molecule has 0 bridgehead atoms. The molecule has 1 aliphatic rings. The van der Waals surface area contributed by atoms with Gasteiger partial charge in [0.05, 0.1) is 0 Å². The zero-order valence-electron chi connectivity index (χ0n) is 12.6. The average molecular weight is 266 g/mol. The molecule has 1 aliphatic carbocycles. The molecule has 0 amide bonds. The predicted molar refractivity (Wildman–Crippen MR) is 89.7 cm³/mol. The van der Waals surface area contributed by atoms with Crippen LogP contribution in [0.2, 0.25) is 0 Å². The van der Waals surface area contributed by atoms with Crippen molar-refractivity contribution < 1.29 is 0 Å². The van der Waals surface area contributed by atoms with Crippen molar-refractivity contribution in [2.24, 2.45) is 5.92 Å². The van der Waals surface area contributed by atoms with Gasteiger partial charge in [0, 0.05) is 0 Å². The third-order valence-electron chi connectivity index (χ3n) is 4.17. The van der Waals surface area contributed by atoms with Gasteiger partial charge in [0.1, 0.15) is 0 Å². The molecule has 0 radical (unpaired) electrons. The first-order chi connectivity index (χ1) is 9.79. The van der Waals surface area contributed by atoms with Gasteiger partial charge in [0.25, 0.3) is 0 Å². The summed E-state index contributed by atoms with van der Waals surface area (Å²) in [5, 5.41) is 0. The summed E-state index contributed by atoms with van der Waals surface area (Å²) in [5.74, 6) is 0.906. The van der Waals surface area contributed by atoms with Crippen molar-refractivity contribution in [3.8, 4) is 0 Å². The third-order valence-corrected chi connectivity index (χ3v) is 4.17. The lowest BCUT2D eigenvalue weighted by Crippen LogP contribution is -2.04. The Kier molecular flexibility index (Phi) is 5.86. The zero-order chi connectivity index (χ0) is 14.2. The number of hydrogen-bond acceptors (Lipinski definition) is 0. The second kappa shape index (κ2) is 7.89. The number of allylic oxidation sites excluding steroid dienone is 5. The molecular weight excluding hydrogens is 240 g/mol. The molecule has 0 heteroatoms. The van der Waals surface area contributed by atoms with Gasteiger partial charge >= 0.3 is 0 Å². The topological polar surface area (TPSA) is 0 Å². The van der Waals surface area contributed by atoms with Crippen LogP contribution in [0.15, 0.2) is 55.1 Å². The maximum absolute atomic E-state index is 3.83. The Bertz CT molecular complexity index is 467. The molecule has 0 unspecified atom stereocenters. The molecule has 1 aromatic rings. The lowest BCUT2D eigenvalue weighted by Gasteiger charge is -2.19. The molecule has 0 aromatic heterocycles. The first kappa shape index (κ1) is 14.8. The minimum absolute atomic E-state index is 0.906. The van der Waals surface area contributed by atoms with Crippen LogP contribution in [0.1, 0.15) is 49.7 Å². The van der Waals surface area contributed by atoms with Crippen molar-refractivity contribution in [1.29, 1.82) is 0 Å². The molecule has 0 nitrogen and oxygen atoms in total. The van der Waals surface area contributed by atoms with E-state index in [9.17, 15) is 0 Å². The van der Waals surface area contributed by atoms with E-state index in [0.717, 1.165) is 5.92 Å². The number of hydrogen-bond donors (Lipinski definition) is 0. The van der Waals surface area contributed by atoms with Crippen molar-refractivity contribution in [2.75, 3.05) is 0 Å². The van der Waals surface area contributed by atoms with Gasteiger partial charge in [0.15, 0.2) is 0 Å². The minimum Gasteiger partial charge on any atom is -0.0990 e. The fourth-order valence-electron chi connectivity index (χ4n) is 2.93. The molecule has 0 saturated heterocycles. The molecule has 0 N–H and O–H groups in total. The number of aryl methyl sites for hydroxylation is 1. The van der Waals surface area contributed by atoms with E-state index in [4.69, 9.17) is 0 Å². The molecule has 0 aliphatic heterocycles. The van der Waals surface area contributed by atoms with Crippen molar-refractivity contribution in [2.45, 2.75) is 45.4 Å². The van der Waals surface area contributed by atoms with E-state index in [1.807, 2.05) is 6.08 Å². The average Bonchev–Trinajstić information content (AvgIpc) is 2.48. The fourth-order valence-corrected chi connectivity index (χ4v) is 2.93. The Hall–Kier alpha value is -1.56. The van der Waals surface area contributed by atoms with E-state index >= 15 is 0 Å². The summed E-state index contributed by atoms with van der Waals surface area (Å²) in [6.45, 7) is 5.96. The largest absolute Gasteiger partial charge is 0.0990 e. The van der Waals surface area contributed by atoms with Gasteiger partial charge in [-0.25, -0.2) is 0 Å². The van der Waals surface area contributed by atoms with Gasteiger partial charge in [-0.05, 0) is 30.4 Å². The van der Waals surface area contributed by atoms with Gasteiger partial charge in [-0.15, -0.1) is 0 Å². The Morgan fingerprint density at radius 3 is 2.50 bits per heavy atom. The highest BCUT2D eigenvalue weighted by Crippen LogP contribution is 2.27. The van der Waals surface area contributed by atoms with E-state index in [-0.39, 0.29) is 0 Å². The highest BCUT2D eigenvalue weighted by molar-refractivity contribution is 5.75. The number of rotatable bonds is 5. The van der Waals surface area contributed by atoms with E-state index in [1.54, 1.807) is 0 Å². The Morgan fingerprint density at radius 2 is 1.85 bits per heavy atom. The maximum atomic E-state index is 3.83. The Balaban J connectivity index is 2.00. The summed E-state index contributed by atoms with van der Waals surface area (Å²) in [7, 11) is 0. The monoisotopic (exact) mass is 266 g/mol. The standard InChI is InChI=1S/C20H26/c1-3-8-19(20-15-13-17(2)14-16-20)12-7-11-18-9-5-4-6-10-18/h3,7-8,12-16,18H,1,4-6,9-11H2,2H3/b12-7-,19-8+. The Morgan fingerprint density at radius 1 is 1.15 bits per heavy atom. The lowest BCUT2D eigenvalue weighted by molar-refractivity contribution is 0.361. The molecular formula is C20H26. The van der Waals surface area contributed by atoms with E-state index in [0.29, 0.717) is 0 Å². The SMILES string of the molecule is C=C/C=C(\C=C/CC1CCCCC1)c1ccc(C)cc1. The smallest absolute Gasteiger partial charge is 0.0184 e. The van der Waals surface area contributed by atoms with Crippen LogP contribution in [0.5, 0.6) is 0 Å². The summed E-state index contributed by atoms with van der Waals surface area (Å²) >= 11 is 0. The second-order valence-corrected chi connectivity index (χ2v) is 5.87. The van der Waals surface area contributed by atoms with Crippen molar-refractivity contribution in [3.05, 3.63) is 66.3 Å². The van der Waals surface area contributed by atoms with Gasteiger partial charge in [0.2, 0.25) is 0 Å². The summed E-state index contributed by atoms with van der Waals surface area (Å²) < 4.78 is 0. The Labute approximate surface area is 123 Å². The van der Waals surface area contributed by atoms with E-state index in [1.165, 1.54) is 55.2 Å². The molecule has 106 valence electrons. The molecule has 1 aromatic carbocycles. The molecule has 1 fully saturated rings.